The highest BCUT2D eigenvalue weighted by Gasteiger charge is 2.22. The van der Waals surface area contributed by atoms with Crippen LogP contribution in [0.15, 0.2) is 36.4 Å². The van der Waals surface area contributed by atoms with Crippen molar-refractivity contribution in [2.45, 2.75) is 72.6 Å². The second kappa shape index (κ2) is 7.94. The summed E-state index contributed by atoms with van der Waals surface area (Å²) in [5, 5.41) is 2.76. The van der Waals surface area contributed by atoms with E-state index in [1.54, 1.807) is 0 Å². The van der Waals surface area contributed by atoms with Gasteiger partial charge in [-0.15, -0.1) is 0 Å². The molecule has 1 aliphatic rings. The van der Waals surface area contributed by atoms with Gasteiger partial charge in [-0.2, -0.15) is 4.57 Å². The van der Waals surface area contributed by atoms with Gasteiger partial charge in [-0.05, 0) is 71.9 Å². The first kappa shape index (κ1) is 20.1. The molecule has 1 fully saturated rings. The van der Waals surface area contributed by atoms with Crippen LogP contribution in [0, 0.1) is 26.7 Å². The predicted octanol–water partition coefficient (Wildman–Crippen LogP) is 7.11. The molecule has 0 N–H and O–H groups in total. The van der Waals surface area contributed by atoms with Gasteiger partial charge in [0.25, 0.3) is 0 Å². The maximum absolute atomic E-state index is 2.46. The Morgan fingerprint density at radius 2 is 1.69 bits per heavy atom. The van der Waals surface area contributed by atoms with Crippen LogP contribution in [0.2, 0.25) is 0 Å². The van der Waals surface area contributed by atoms with Gasteiger partial charge >= 0.3 is 0 Å². The summed E-state index contributed by atoms with van der Waals surface area (Å²) in [6.45, 7) is 11.3. The molecular formula is C28H36N+. The van der Waals surface area contributed by atoms with Crippen LogP contribution in [0.5, 0.6) is 0 Å². The number of aryl methyl sites for hydroxylation is 2. The summed E-state index contributed by atoms with van der Waals surface area (Å²) in [4.78, 5) is 0. The van der Waals surface area contributed by atoms with Crippen molar-refractivity contribution in [1.82, 2.24) is 0 Å². The summed E-state index contributed by atoms with van der Waals surface area (Å²) in [6.07, 6.45) is 6.90. The molecule has 2 aromatic carbocycles. The molecule has 0 unspecified atom stereocenters. The average Bonchev–Trinajstić information content (AvgIpc) is 3.18. The van der Waals surface area contributed by atoms with Crippen molar-refractivity contribution in [1.29, 1.82) is 0 Å². The minimum atomic E-state index is 0.535. The largest absolute Gasteiger partial charge is 0.220 e. The maximum atomic E-state index is 2.46. The van der Waals surface area contributed by atoms with E-state index in [4.69, 9.17) is 0 Å². The molecule has 1 heterocycles. The van der Waals surface area contributed by atoms with E-state index < -0.39 is 0 Å². The number of pyridine rings is 1. The van der Waals surface area contributed by atoms with E-state index in [1.165, 1.54) is 82.1 Å². The van der Waals surface area contributed by atoms with Gasteiger partial charge in [-0.25, -0.2) is 0 Å². The van der Waals surface area contributed by atoms with Crippen LogP contribution >= 0.6 is 0 Å². The lowest BCUT2D eigenvalue weighted by atomic mass is 9.90. The molecule has 1 aromatic heterocycles. The van der Waals surface area contributed by atoms with E-state index >= 15 is 0 Å². The summed E-state index contributed by atoms with van der Waals surface area (Å²) in [7, 11) is 2.22. The van der Waals surface area contributed by atoms with Crippen molar-refractivity contribution in [3.8, 4) is 11.3 Å². The Kier molecular flexibility index (Phi) is 5.51. The standard InChI is InChI=1S/C28H36N/c1-18(2)24-13-19(3)21(5)27(17-24)28-26-12-11-23(15-22-9-7-8-10-22)16-25(26)14-20(4)29(28)6/h11-14,16-18,22H,7-10,15H2,1-6H3/q+1. The van der Waals surface area contributed by atoms with E-state index in [-0.39, 0.29) is 0 Å². The minimum Gasteiger partial charge on any atom is -0.198 e. The molecule has 0 aliphatic heterocycles. The molecule has 1 aliphatic carbocycles. The van der Waals surface area contributed by atoms with Crippen LogP contribution in [0.3, 0.4) is 0 Å². The fourth-order valence-electron chi connectivity index (χ4n) is 5.09. The zero-order valence-corrected chi connectivity index (χ0v) is 19.1. The summed E-state index contributed by atoms with van der Waals surface area (Å²) >= 11 is 0. The molecule has 0 amide bonds. The number of fused-ring (bicyclic) bond motifs is 1. The first-order chi connectivity index (χ1) is 13.8. The molecule has 1 heteroatoms. The Hall–Kier alpha value is -2.15. The molecule has 0 spiro atoms. The molecule has 1 saturated carbocycles. The highest BCUT2D eigenvalue weighted by atomic mass is 14.9. The molecule has 0 atom stereocenters. The van der Waals surface area contributed by atoms with Crippen molar-refractivity contribution >= 4 is 10.8 Å². The summed E-state index contributed by atoms with van der Waals surface area (Å²) in [6, 6.07) is 14.4. The van der Waals surface area contributed by atoms with Crippen molar-refractivity contribution < 1.29 is 4.57 Å². The number of hydrogen-bond donors (Lipinski definition) is 0. The van der Waals surface area contributed by atoms with Gasteiger partial charge in [0.2, 0.25) is 5.69 Å². The molecule has 0 radical (unpaired) electrons. The summed E-state index contributed by atoms with van der Waals surface area (Å²) in [5.74, 6) is 1.42. The average molecular weight is 387 g/mol. The van der Waals surface area contributed by atoms with Gasteiger partial charge in [0.15, 0.2) is 5.69 Å². The highest BCUT2D eigenvalue weighted by Crippen LogP contribution is 2.34. The smallest absolute Gasteiger partial charge is 0.198 e. The molecule has 4 rings (SSSR count). The number of hydrogen-bond acceptors (Lipinski definition) is 0. The van der Waals surface area contributed by atoms with Crippen molar-refractivity contribution in [2.24, 2.45) is 13.0 Å². The molecule has 0 saturated heterocycles. The van der Waals surface area contributed by atoms with Gasteiger partial charge in [0.05, 0.1) is 10.9 Å². The minimum absolute atomic E-state index is 0.535. The lowest BCUT2D eigenvalue weighted by Gasteiger charge is -2.16. The zero-order valence-electron chi connectivity index (χ0n) is 19.1. The number of nitrogens with zero attached hydrogens (tertiary/aromatic N) is 1. The van der Waals surface area contributed by atoms with Gasteiger partial charge in [0, 0.05) is 13.0 Å². The van der Waals surface area contributed by atoms with Crippen LogP contribution in [-0.4, -0.2) is 0 Å². The Balaban J connectivity index is 1.89. The van der Waals surface area contributed by atoms with Gasteiger partial charge < -0.3 is 0 Å². The SMILES string of the molecule is Cc1cc(C(C)C)cc(-c2c3ccc(CC4CCCC4)cc3cc(C)[n+]2C)c1C. The first-order valence-electron chi connectivity index (χ1n) is 11.4. The van der Waals surface area contributed by atoms with Gasteiger partial charge in [-0.1, -0.05) is 57.7 Å². The number of benzene rings is 2. The normalized spacial score (nSPS) is 15.0. The fraction of sp³-hybridized carbons (Fsp3) is 0.464. The lowest BCUT2D eigenvalue weighted by molar-refractivity contribution is -0.665. The van der Waals surface area contributed by atoms with Crippen molar-refractivity contribution in [2.75, 3.05) is 0 Å². The van der Waals surface area contributed by atoms with Crippen LogP contribution in [-0.2, 0) is 13.5 Å². The van der Waals surface area contributed by atoms with Gasteiger partial charge in [0.1, 0.15) is 7.05 Å². The van der Waals surface area contributed by atoms with E-state index in [1.807, 2.05) is 0 Å². The predicted molar refractivity (Wildman–Crippen MR) is 125 cm³/mol. The van der Waals surface area contributed by atoms with E-state index in [0.29, 0.717) is 5.92 Å². The van der Waals surface area contributed by atoms with Crippen LogP contribution in [0.4, 0.5) is 0 Å². The quantitative estimate of drug-likeness (QED) is 0.421. The Bertz CT molecular complexity index is 1050. The van der Waals surface area contributed by atoms with E-state index in [9.17, 15) is 0 Å². The highest BCUT2D eigenvalue weighted by molar-refractivity contribution is 5.94. The molecular weight excluding hydrogens is 350 g/mol. The molecule has 29 heavy (non-hydrogen) atoms. The van der Waals surface area contributed by atoms with Gasteiger partial charge in [-0.3, -0.25) is 0 Å². The maximum Gasteiger partial charge on any atom is 0.220 e. The van der Waals surface area contributed by atoms with Crippen LogP contribution in [0.1, 0.15) is 73.4 Å². The third kappa shape index (κ3) is 3.84. The molecule has 3 aromatic rings. The Labute approximate surface area is 176 Å². The molecule has 0 bridgehead atoms. The van der Waals surface area contributed by atoms with Crippen molar-refractivity contribution in [3.63, 3.8) is 0 Å². The second-order valence-corrected chi connectivity index (χ2v) is 9.63. The topological polar surface area (TPSA) is 3.88 Å². The Morgan fingerprint density at radius 1 is 0.966 bits per heavy atom. The second-order valence-electron chi connectivity index (χ2n) is 9.63. The van der Waals surface area contributed by atoms with Crippen LogP contribution < -0.4 is 4.57 Å². The zero-order chi connectivity index (χ0) is 20.7. The third-order valence-electron chi connectivity index (χ3n) is 7.21. The van der Waals surface area contributed by atoms with E-state index in [2.05, 4.69) is 82.6 Å². The third-order valence-corrected chi connectivity index (χ3v) is 7.21. The monoisotopic (exact) mass is 386 g/mol. The van der Waals surface area contributed by atoms with Crippen LogP contribution in [0.25, 0.3) is 22.0 Å². The number of aromatic nitrogens is 1. The summed E-state index contributed by atoms with van der Waals surface area (Å²) in [5.41, 5.74) is 9.77. The lowest BCUT2D eigenvalue weighted by Crippen LogP contribution is -2.35. The molecule has 1 nitrogen and oxygen atoms in total. The van der Waals surface area contributed by atoms with E-state index in [0.717, 1.165) is 5.92 Å². The number of rotatable bonds is 4. The molecule has 152 valence electrons. The Morgan fingerprint density at radius 3 is 2.38 bits per heavy atom. The fourth-order valence-corrected chi connectivity index (χ4v) is 5.09. The first-order valence-corrected chi connectivity index (χ1v) is 11.4. The van der Waals surface area contributed by atoms with Crippen molar-refractivity contribution in [3.05, 3.63) is 64.3 Å². The summed E-state index contributed by atoms with van der Waals surface area (Å²) < 4.78 is 2.38.